The van der Waals surface area contributed by atoms with Gasteiger partial charge < -0.3 is 18.9 Å². The topological polar surface area (TPSA) is 77.5 Å². The lowest BCUT2D eigenvalue weighted by atomic mass is 9.72. The van der Waals surface area contributed by atoms with Crippen LogP contribution in [0.15, 0.2) is 53.4 Å². The van der Waals surface area contributed by atoms with Gasteiger partial charge in [-0.05, 0) is 103 Å². The molecule has 3 aromatic rings. The molecular weight excluding hydrogens is 588 g/mol. The molecule has 6 rings (SSSR count). The smallest absolute Gasteiger partial charge is 0.243 e. The van der Waals surface area contributed by atoms with Crippen molar-refractivity contribution >= 4 is 10.0 Å². The third kappa shape index (κ3) is 5.79. The molecule has 0 radical (unpaired) electrons. The largest absolute Gasteiger partial charge is 0.493 e. The molecule has 0 amide bonds. The Kier molecular flexibility index (Phi) is 9.05. The first-order valence-corrected chi connectivity index (χ1v) is 17.5. The summed E-state index contributed by atoms with van der Waals surface area (Å²) in [4.78, 5) is 2.97. The van der Waals surface area contributed by atoms with Crippen LogP contribution in [0.2, 0.25) is 0 Å². The monoisotopic (exact) mass is 634 g/mol. The highest BCUT2D eigenvalue weighted by Crippen LogP contribution is 2.50. The molecular formula is C36H46N2O6S. The van der Waals surface area contributed by atoms with E-state index in [0.29, 0.717) is 41.2 Å². The van der Waals surface area contributed by atoms with Crippen LogP contribution in [0.25, 0.3) is 0 Å². The van der Waals surface area contributed by atoms with Crippen molar-refractivity contribution < 1.29 is 27.4 Å². The minimum absolute atomic E-state index is 0.247. The zero-order chi connectivity index (χ0) is 31.9. The Labute approximate surface area is 268 Å². The molecule has 3 aromatic carbocycles. The van der Waals surface area contributed by atoms with Crippen LogP contribution in [-0.4, -0.2) is 65.7 Å². The molecule has 0 spiro atoms. The molecule has 4 atom stereocenters. The van der Waals surface area contributed by atoms with Gasteiger partial charge >= 0.3 is 0 Å². The molecule has 0 aromatic heterocycles. The number of piperidine rings is 1. The molecule has 45 heavy (non-hydrogen) atoms. The minimum atomic E-state index is -3.75. The van der Waals surface area contributed by atoms with Gasteiger partial charge in [-0.15, -0.1) is 0 Å². The van der Waals surface area contributed by atoms with E-state index >= 15 is 0 Å². The molecule has 0 N–H and O–H groups in total. The SMILES string of the molecule is CCC1CN2CCc3cc(OC)c(OC)cc3C2CC1C[C@H]1c2cc(OC)c(OC)cc2CCN1S(=O)(=O)c1ccc(C)cc1. The third-order valence-electron chi connectivity index (χ3n) is 10.4. The van der Waals surface area contributed by atoms with Crippen LogP contribution >= 0.6 is 0 Å². The second-order valence-corrected chi connectivity index (χ2v) is 14.6. The summed E-state index contributed by atoms with van der Waals surface area (Å²) in [6.07, 6.45) is 4.33. The normalized spacial score (nSPS) is 23.4. The van der Waals surface area contributed by atoms with Crippen molar-refractivity contribution in [2.24, 2.45) is 11.8 Å². The first-order chi connectivity index (χ1) is 21.7. The van der Waals surface area contributed by atoms with Crippen LogP contribution in [0, 0.1) is 18.8 Å². The molecule has 3 aliphatic rings. The Morgan fingerprint density at radius 1 is 0.756 bits per heavy atom. The van der Waals surface area contributed by atoms with Gasteiger partial charge in [0.15, 0.2) is 23.0 Å². The Morgan fingerprint density at radius 2 is 1.31 bits per heavy atom. The van der Waals surface area contributed by atoms with E-state index in [1.165, 1.54) is 11.1 Å². The highest BCUT2D eigenvalue weighted by molar-refractivity contribution is 7.89. The van der Waals surface area contributed by atoms with Crippen molar-refractivity contribution in [3.63, 3.8) is 0 Å². The molecule has 1 saturated heterocycles. The fourth-order valence-electron chi connectivity index (χ4n) is 7.93. The van der Waals surface area contributed by atoms with Crippen molar-refractivity contribution in [2.45, 2.75) is 62.9 Å². The highest BCUT2D eigenvalue weighted by atomic mass is 32.2. The van der Waals surface area contributed by atoms with Crippen LogP contribution in [0.5, 0.6) is 23.0 Å². The third-order valence-corrected chi connectivity index (χ3v) is 12.3. The number of benzene rings is 3. The summed E-state index contributed by atoms with van der Waals surface area (Å²) in [5.41, 5.74) is 5.79. The number of fused-ring (bicyclic) bond motifs is 4. The lowest BCUT2D eigenvalue weighted by Gasteiger charge is -2.49. The van der Waals surface area contributed by atoms with Crippen LogP contribution < -0.4 is 18.9 Å². The van der Waals surface area contributed by atoms with Crippen molar-refractivity contribution in [2.75, 3.05) is 48.1 Å². The van der Waals surface area contributed by atoms with Gasteiger partial charge in [0.05, 0.1) is 39.4 Å². The van der Waals surface area contributed by atoms with Gasteiger partial charge in [0, 0.05) is 25.7 Å². The van der Waals surface area contributed by atoms with Gasteiger partial charge in [0.1, 0.15) is 0 Å². The van der Waals surface area contributed by atoms with Gasteiger partial charge in [-0.2, -0.15) is 4.31 Å². The van der Waals surface area contributed by atoms with Crippen molar-refractivity contribution in [1.82, 2.24) is 9.21 Å². The first-order valence-electron chi connectivity index (χ1n) is 16.0. The molecule has 242 valence electrons. The number of nitrogens with zero attached hydrogens (tertiary/aromatic N) is 2. The lowest BCUT2D eigenvalue weighted by Crippen LogP contribution is -2.47. The summed E-state index contributed by atoms with van der Waals surface area (Å²) in [5.74, 6) is 3.59. The van der Waals surface area contributed by atoms with Crippen LogP contribution in [0.4, 0.5) is 0 Å². The summed E-state index contributed by atoms with van der Waals surface area (Å²) in [7, 11) is 2.90. The first kappa shape index (κ1) is 31.7. The summed E-state index contributed by atoms with van der Waals surface area (Å²) in [5, 5.41) is 0. The summed E-state index contributed by atoms with van der Waals surface area (Å²) >= 11 is 0. The van der Waals surface area contributed by atoms with Gasteiger partial charge in [-0.1, -0.05) is 31.0 Å². The lowest BCUT2D eigenvalue weighted by molar-refractivity contribution is 0.0386. The van der Waals surface area contributed by atoms with Crippen LogP contribution in [-0.2, 0) is 22.9 Å². The molecule has 3 heterocycles. The molecule has 0 bridgehead atoms. The van der Waals surface area contributed by atoms with E-state index < -0.39 is 10.0 Å². The van der Waals surface area contributed by atoms with E-state index in [1.807, 2.05) is 31.2 Å². The van der Waals surface area contributed by atoms with Crippen molar-refractivity contribution in [3.05, 3.63) is 76.3 Å². The van der Waals surface area contributed by atoms with E-state index in [4.69, 9.17) is 18.9 Å². The summed E-state index contributed by atoms with van der Waals surface area (Å²) in [6, 6.07) is 15.5. The molecule has 3 aliphatic heterocycles. The summed E-state index contributed by atoms with van der Waals surface area (Å²) in [6.45, 7) is 6.67. The van der Waals surface area contributed by atoms with Gasteiger partial charge in [0.2, 0.25) is 10.0 Å². The average Bonchev–Trinajstić information content (AvgIpc) is 3.06. The van der Waals surface area contributed by atoms with Gasteiger partial charge in [0.25, 0.3) is 0 Å². The van der Waals surface area contributed by atoms with Crippen LogP contribution in [0.1, 0.15) is 66.1 Å². The number of methoxy groups -OCH3 is 4. The maximum absolute atomic E-state index is 14.3. The standard InChI is InChI=1S/C36H46N2O6S/c1-7-24-22-37-14-12-25-18-33(41-3)35(43-5)20-29(25)31(37)16-27(24)17-32-30-21-36(44-6)34(42-4)19-26(30)13-15-38(32)45(39,40)28-10-8-23(2)9-11-28/h8-11,18-21,24,27,31-32H,7,12-17,22H2,1-6H3/t24?,27?,31?,32-/m0/s1. The number of ether oxygens (including phenoxy) is 4. The van der Waals surface area contributed by atoms with Gasteiger partial charge in [-0.3, -0.25) is 4.90 Å². The van der Waals surface area contributed by atoms with Gasteiger partial charge in [-0.25, -0.2) is 8.42 Å². The molecule has 0 saturated carbocycles. The van der Waals surface area contributed by atoms with Crippen LogP contribution in [0.3, 0.4) is 0 Å². The van der Waals surface area contributed by atoms with E-state index in [2.05, 4.69) is 24.0 Å². The number of hydrogen-bond acceptors (Lipinski definition) is 7. The molecule has 8 nitrogen and oxygen atoms in total. The van der Waals surface area contributed by atoms with Crippen molar-refractivity contribution in [1.29, 1.82) is 0 Å². The van der Waals surface area contributed by atoms with E-state index in [0.717, 1.165) is 67.0 Å². The van der Waals surface area contributed by atoms with E-state index in [9.17, 15) is 8.42 Å². The second kappa shape index (κ2) is 12.9. The van der Waals surface area contributed by atoms with E-state index in [-0.39, 0.29) is 12.1 Å². The Balaban J connectivity index is 1.41. The second-order valence-electron chi connectivity index (χ2n) is 12.7. The highest BCUT2D eigenvalue weighted by Gasteiger charge is 2.43. The molecule has 0 aliphatic carbocycles. The fourth-order valence-corrected chi connectivity index (χ4v) is 9.54. The predicted molar refractivity (Wildman–Crippen MR) is 175 cm³/mol. The molecule has 1 fully saturated rings. The minimum Gasteiger partial charge on any atom is -0.493 e. The number of aryl methyl sites for hydroxylation is 1. The molecule has 9 heteroatoms. The summed E-state index contributed by atoms with van der Waals surface area (Å²) < 4.78 is 53.2. The number of hydrogen-bond donors (Lipinski definition) is 0. The maximum atomic E-state index is 14.3. The average molecular weight is 635 g/mol. The molecule has 3 unspecified atom stereocenters. The quantitative estimate of drug-likeness (QED) is 0.271. The van der Waals surface area contributed by atoms with Crippen molar-refractivity contribution in [3.8, 4) is 23.0 Å². The predicted octanol–water partition coefficient (Wildman–Crippen LogP) is 6.35. The van der Waals surface area contributed by atoms with E-state index in [1.54, 1.807) is 44.9 Å². The number of rotatable bonds is 9. The maximum Gasteiger partial charge on any atom is 0.243 e. The fraction of sp³-hybridized carbons (Fsp3) is 0.500. The number of sulfonamides is 1. The Bertz CT molecular complexity index is 1640. The Morgan fingerprint density at radius 3 is 1.91 bits per heavy atom. The zero-order valence-electron chi connectivity index (χ0n) is 27.3. The Hall–Kier alpha value is -3.27. The zero-order valence-corrected chi connectivity index (χ0v) is 28.2.